The van der Waals surface area contributed by atoms with Gasteiger partial charge in [-0.15, -0.1) is 0 Å². The van der Waals surface area contributed by atoms with Crippen molar-refractivity contribution in [1.29, 1.82) is 0 Å². The molecule has 0 unspecified atom stereocenters. The van der Waals surface area contributed by atoms with Gasteiger partial charge in [0.25, 0.3) is 0 Å². The lowest BCUT2D eigenvalue weighted by Crippen LogP contribution is -2.03. The molecule has 1 aliphatic rings. The van der Waals surface area contributed by atoms with Crippen molar-refractivity contribution in [2.45, 2.75) is 52.4 Å². The largest absolute Gasteiger partial charge is 0.320 e. The average molecular weight is 171 g/mol. The number of hydrogen-bond donors (Lipinski definition) is 1. The summed E-state index contributed by atoms with van der Waals surface area (Å²) in [5.41, 5.74) is 0. The first-order valence-corrected chi connectivity index (χ1v) is 5.49. The highest BCUT2D eigenvalue weighted by atomic mass is 14.8. The Kier molecular flexibility index (Phi) is 9.02. The summed E-state index contributed by atoms with van der Waals surface area (Å²) in [6.45, 7) is 5.45. The van der Waals surface area contributed by atoms with Crippen LogP contribution in [0.1, 0.15) is 52.4 Å². The topological polar surface area (TPSA) is 12.0 Å². The van der Waals surface area contributed by atoms with Gasteiger partial charge in [-0.3, -0.25) is 0 Å². The van der Waals surface area contributed by atoms with Gasteiger partial charge in [-0.1, -0.05) is 52.4 Å². The van der Waals surface area contributed by atoms with Crippen molar-refractivity contribution in [2.75, 3.05) is 13.6 Å². The standard InChI is InChI=1S/C8H16.C3H9N/c1-2-8-6-4-3-5-7-8;1-3-4-2/h8H,2-7H2,1H3;4H,3H2,1-2H3. The maximum Gasteiger partial charge on any atom is -0.00804 e. The van der Waals surface area contributed by atoms with Crippen LogP contribution in [0.15, 0.2) is 0 Å². The normalized spacial score (nSPS) is 18.2. The van der Waals surface area contributed by atoms with Crippen LogP contribution in [-0.2, 0) is 0 Å². The Balaban J connectivity index is 0.000000261. The first-order valence-electron chi connectivity index (χ1n) is 5.49. The molecule has 0 bridgehead atoms. The minimum atomic E-state index is 1.07. The Morgan fingerprint density at radius 2 is 1.58 bits per heavy atom. The molecule has 1 rings (SSSR count). The molecule has 0 aliphatic heterocycles. The highest BCUT2D eigenvalue weighted by Crippen LogP contribution is 2.25. The molecule has 1 N–H and O–H groups in total. The van der Waals surface area contributed by atoms with Crippen LogP contribution in [0.5, 0.6) is 0 Å². The van der Waals surface area contributed by atoms with Gasteiger partial charge in [-0.05, 0) is 19.5 Å². The van der Waals surface area contributed by atoms with Gasteiger partial charge < -0.3 is 5.32 Å². The molecule has 1 aliphatic carbocycles. The highest BCUT2D eigenvalue weighted by molar-refractivity contribution is 4.63. The Morgan fingerprint density at radius 1 is 1.08 bits per heavy atom. The van der Waals surface area contributed by atoms with E-state index in [9.17, 15) is 0 Å². The van der Waals surface area contributed by atoms with Crippen molar-refractivity contribution in [2.24, 2.45) is 5.92 Å². The second kappa shape index (κ2) is 9.05. The third kappa shape index (κ3) is 6.66. The maximum atomic E-state index is 2.93. The summed E-state index contributed by atoms with van der Waals surface area (Å²) in [7, 11) is 1.93. The van der Waals surface area contributed by atoms with E-state index in [1.807, 2.05) is 7.05 Å². The summed E-state index contributed by atoms with van der Waals surface area (Å²) in [5.74, 6) is 1.09. The van der Waals surface area contributed by atoms with Gasteiger partial charge in [0, 0.05) is 0 Å². The molecule has 0 aromatic rings. The van der Waals surface area contributed by atoms with Gasteiger partial charge in [0.15, 0.2) is 0 Å². The van der Waals surface area contributed by atoms with Crippen molar-refractivity contribution in [3.63, 3.8) is 0 Å². The zero-order chi connectivity index (χ0) is 9.23. The van der Waals surface area contributed by atoms with E-state index >= 15 is 0 Å². The van der Waals surface area contributed by atoms with E-state index in [0.29, 0.717) is 0 Å². The fourth-order valence-corrected chi connectivity index (χ4v) is 1.60. The van der Waals surface area contributed by atoms with Crippen LogP contribution < -0.4 is 5.32 Å². The predicted octanol–water partition coefficient (Wildman–Crippen LogP) is 3.20. The minimum absolute atomic E-state index is 1.07. The van der Waals surface area contributed by atoms with Gasteiger partial charge in [-0.25, -0.2) is 0 Å². The van der Waals surface area contributed by atoms with Crippen molar-refractivity contribution in [3.8, 4) is 0 Å². The van der Waals surface area contributed by atoms with Crippen molar-refractivity contribution in [1.82, 2.24) is 5.32 Å². The Hall–Kier alpha value is -0.0400. The zero-order valence-corrected chi connectivity index (χ0v) is 9.03. The summed E-state index contributed by atoms with van der Waals surface area (Å²) in [4.78, 5) is 0. The van der Waals surface area contributed by atoms with Gasteiger partial charge >= 0.3 is 0 Å². The molecule has 0 heterocycles. The number of rotatable bonds is 2. The molecule has 74 valence electrons. The van der Waals surface area contributed by atoms with E-state index in [0.717, 1.165) is 12.5 Å². The fraction of sp³-hybridized carbons (Fsp3) is 1.00. The van der Waals surface area contributed by atoms with Crippen LogP contribution >= 0.6 is 0 Å². The first-order chi connectivity index (χ1) is 5.85. The summed E-state index contributed by atoms with van der Waals surface area (Å²) >= 11 is 0. The van der Waals surface area contributed by atoms with Crippen LogP contribution in [-0.4, -0.2) is 13.6 Å². The quantitative estimate of drug-likeness (QED) is 0.673. The smallest absolute Gasteiger partial charge is 0.00804 e. The van der Waals surface area contributed by atoms with Crippen molar-refractivity contribution < 1.29 is 0 Å². The Labute approximate surface area is 77.9 Å². The molecule has 0 aromatic heterocycles. The van der Waals surface area contributed by atoms with Crippen LogP contribution in [0.25, 0.3) is 0 Å². The lowest BCUT2D eigenvalue weighted by molar-refractivity contribution is 0.349. The molecule has 0 radical (unpaired) electrons. The first kappa shape index (κ1) is 12.0. The molecule has 1 saturated carbocycles. The zero-order valence-electron chi connectivity index (χ0n) is 9.03. The van der Waals surface area contributed by atoms with E-state index in [1.165, 1.54) is 38.5 Å². The van der Waals surface area contributed by atoms with Crippen LogP contribution in [0.2, 0.25) is 0 Å². The van der Waals surface area contributed by atoms with E-state index in [1.54, 1.807) is 0 Å². The molecule has 0 amide bonds. The van der Waals surface area contributed by atoms with Crippen LogP contribution in [0, 0.1) is 5.92 Å². The SMILES string of the molecule is CCC1CCCCC1.CCNC. The Morgan fingerprint density at radius 3 is 1.83 bits per heavy atom. The molecule has 1 heteroatoms. The summed E-state index contributed by atoms with van der Waals surface area (Å²) in [6.07, 6.45) is 8.93. The maximum absolute atomic E-state index is 2.93. The molecular formula is C11H25N. The van der Waals surface area contributed by atoms with Gasteiger partial charge in [-0.2, -0.15) is 0 Å². The molecule has 0 saturated heterocycles. The van der Waals surface area contributed by atoms with Crippen molar-refractivity contribution in [3.05, 3.63) is 0 Å². The number of nitrogens with one attached hydrogen (secondary N) is 1. The Bertz CT molecular complexity index is 73.1. The number of hydrogen-bond acceptors (Lipinski definition) is 1. The monoisotopic (exact) mass is 171 g/mol. The van der Waals surface area contributed by atoms with Gasteiger partial charge in [0.2, 0.25) is 0 Å². The van der Waals surface area contributed by atoms with E-state index < -0.39 is 0 Å². The van der Waals surface area contributed by atoms with Crippen LogP contribution in [0.3, 0.4) is 0 Å². The van der Waals surface area contributed by atoms with Gasteiger partial charge in [0.1, 0.15) is 0 Å². The summed E-state index contributed by atoms with van der Waals surface area (Å²) in [6, 6.07) is 0. The second-order valence-corrected chi connectivity index (χ2v) is 3.62. The van der Waals surface area contributed by atoms with Gasteiger partial charge in [0.05, 0.1) is 0 Å². The summed E-state index contributed by atoms with van der Waals surface area (Å²) < 4.78 is 0. The average Bonchev–Trinajstić information content (AvgIpc) is 2.19. The lowest BCUT2D eigenvalue weighted by atomic mass is 9.88. The third-order valence-corrected chi connectivity index (χ3v) is 2.66. The van der Waals surface area contributed by atoms with Crippen molar-refractivity contribution >= 4 is 0 Å². The molecule has 1 nitrogen and oxygen atoms in total. The van der Waals surface area contributed by atoms with E-state index in [-0.39, 0.29) is 0 Å². The second-order valence-electron chi connectivity index (χ2n) is 3.62. The molecule has 12 heavy (non-hydrogen) atoms. The summed E-state index contributed by atoms with van der Waals surface area (Å²) in [5, 5.41) is 2.93. The predicted molar refractivity (Wildman–Crippen MR) is 56.5 cm³/mol. The highest BCUT2D eigenvalue weighted by Gasteiger charge is 2.09. The third-order valence-electron chi connectivity index (χ3n) is 2.66. The molecular weight excluding hydrogens is 146 g/mol. The molecule has 0 spiro atoms. The lowest BCUT2D eigenvalue weighted by Gasteiger charge is -2.18. The van der Waals surface area contributed by atoms with Crippen LogP contribution in [0.4, 0.5) is 0 Å². The van der Waals surface area contributed by atoms with E-state index in [4.69, 9.17) is 0 Å². The molecule has 0 aromatic carbocycles. The fourth-order valence-electron chi connectivity index (χ4n) is 1.60. The van der Waals surface area contributed by atoms with E-state index in [2.05, 4.69) is 19.2 Å². The minimum Gasteiger partial charge on any atom is -0.320 e. The molecule has 0 atom stereocenters. The molecule has 1 fully saturated rings.